The molecule has 0 heterocycles. The van der Waals surface area contributed by atoms with E-state index in [1.165, 1.54) is 109 Å². The number of nitrogens with zero attached hydrogens (tertiary/aromatic N) is 1. The van der Waals surface area contributed by atoms with Gasteiger partial charge < -0.3 is 5.91 Å². The predicted octanol–water partition coefficient (Wildman–Crippen LogP) is 4.49. The summed E-state index contributed by atoms with van der Waals surface area (Å²) in [6.07, 6.45) is 23.4. The van der Waals surface area contributed by atoms with Gasteiger partial charge in [-0.25, -0.2) is 0 Å². The summed E-state index contributed by atoms with van der Waals surface area (Å²) in [5.74, 6) is 0. The average Bonchev–Trinajstić information content (AvgIpc) is 2.45. The largest absolute Gasteiger partial charge is 1.00 e. The smallest absolute Gasteiger partial charge is 1.00 e. The monoisotopic (exact) mass is 356 g/mol. The zero-order valence-electron chi connectivity index (χ0n) is 18.9. The fourth-order valence-corrected chi connectivity index (χ4v) is 3.13. The van der Waals surface area contributed by atoms with Crippen molar-refractivity contribution in [3.05, 3.63) is 0 Å². The summed E-state index contributed by atoms with van der Waals surface area (Å²) < 4.78 is 1.12. The zero-order chi connectivity index (χ0) is 16.5. The van der Waals surface area contributed by atoms with Gasteiger partial charge in [0.15, 0.2) is 0 Å². The molecule has 0 aliphatic heterocycles. The van der Waals surface area contributed by atoms with Crippen LogP contribution in [0.5, 0.6) is 0 Å². The third kappa shape index (κ3) is 27.7. The summed E-state index contributed by atoms with van der Waals surface area (Å²) in [6.45, 7) is 3.63. The van der Waals surface area contributed by atoms with Crippen molar-refractivity contribution in [2.24, 2.45) is 0 Å². The maximum atomic E-state index is 2.30. The Balaban J connectivity index is -0.000000735. The molecular formula is C21H48ClLiN+. The Morgan fingerprint density at radius 2 is 0.750 bits per heavy atom. The topological polar surface area (TPSA) is 0 Å². The van der Waals surface area contributed by atoms with Crippen LogP contribution in [0.2, 0.25) is 0 Å². The van der Waals surface area contributed by atoms with Crippen molar-refractivity contribution in [2.75, 3.05) is 27.7 Å². The molecule has 0 aliphatic carbocycles. The fraction of sp³-hybridized carbons (Fsp3) is 1.00. The number of hydrogen-bond acceptors (Lipinski definition) is 0. The van der Waals surface area contributed by atoms with Crippen molar-refractivity contribution in [2.45, 2.75) is 110 Å². The Labute approximate surface area is 174 Å². The van der Waals surface area contributed by atoms with Crippen molar-refractivity contribution < 1.29 is 24.8 Å². The minimum absolute atomic E-state index is 0. The molecule has 0 saturated carbocycles. The van der Waals surface area contributed by atoms with Crippen LogP contribution in [0.3, 0.4) is 0 Å². The van der Waals surface area contributed by atoms with Gasteiger partial charge in [0.05, 0.1) is 27.7 Å². The quantitative estimate of drug-likeness (QED) is 0.204. The molecule has 0 spiro atoms. The van der Waals surface area contributed by atoms with E-state index in [-0.39, 0.29) is 32.7 Å². The predicted molar refractivity (Wildman–Crippen MR) is 111 cm³/mol. The maximum Gasteiger partial charge on any atom is 1.00 e. The van der Waals surface area contributed by atoms with Crippen molar-refractivity contribution >= 4 is 12.4 Å². The molecule has 0 aromatic carbocycles. The van der Waals surface area contributed by atoms with Gasteiger partial charge in [-0.15, -0.1) is 12.4 Å². The van der Waals surface area contributed by atoms with E-state index in [4.69, 9.17) is 0 Å². The molecule has 0 aromatic rings. The second-order valence-electron chi connectivity index (χ2n) is 8.32. The van der Waals surface area contributed by atoms with Crippen molar-refractivity contribution in [3.8, 4) is 0 Å². The first kappa shape index (κ1) is 29.6. The third-order valence-electron chi connectivity index (χ3n) is 4.68. The summed E-state index contributed by atoms with van der Waals surface area (Å²) in [6, 6.07) is 0. The van der Waals surface area contributed by atoms with Gasteiger partial charge in [0, 0.05) is 0 Å². The minimum Gasteiger partial charge on any atom is -1.00 e. The minimum atomic E-state index is 0. The molecule has 0 unspecified atom stereocenters. The molecule has 3 heteroatoms. The summed E-state index contributed by atoms with van der Waals surface area (Å²) in [7, 11) is 6.89. The first-order chi connectivity index (χ1) is 10.6. The van der Waals surface area contributed by atoms with Gasteiger partial charge in [-0.1, -0.05) is 96.8 Å². The average molecular weight is 357 g/mol. The molecule has 0 rings (SSSR count). The van der Waals surface area contributed by atoms with Crippen molar-refractivity contribution in [1.82, 2.24) is 0 Å². The Bertz CT molecular complexity index is 222. The second-order valence-corrected chi connectivity index (χ2v) is 8.32. The molecular weight excluding hydrogens is 309 g/mol. The Morgan fingerprint density at radius 1 is 0.500 bits per heavy atom. The van der Waals surface area contributed by atoms with E-state index < -0.39 is 0 Å². The van der Waals surface area contributed by atoms with Crippen LogP contribution in [0.15, 0.2) is 0 Å². The van der Waals surface area contributed by atoms with E-state index in [1.807, 2.05) is 0 Å². The van der Waals surface area contributed by atoms with Gasteiger partial charge in [-0.3, -0.25) is 0 Å². The molecule has 0 saturated heterocycles. The molecule has 0 aromatic heterocycles. The van der Waals surface area contributed by atoms with Crippen LogP contribution >= 0.6 is 12.4 Å². The summed E-state index contributed by atoms with van der Waals surface area (Å²) >= 11 is 0. The molecule has 24 heavy (non-hydrogen) atoms. The first-order valence-electron chi connectivity index (χ1n) is 10.4. The van der Waals surface area contributed by atoms with Gasteiger partial charge in [-0.2, -0.15) is 0 Å². The molecule has 0 radical (unpaired) electrons. The molecule has 0 amide bonds. The normalized spacial score (nSPS) is 11.0. The van der Waals surface area contributed by atoms with E-state index in [0.717, 1.165) is 4.48 Å². The van der Waals surface area contributed by atoms with Gasteiger partial charge in [0.25, 0.3) is 0 Å². The van der Waals surface area contributed by atoms with E-state index >= 15 is 0 Å². The molecule has 144 valence electrons. The van der Waals surface area contributed by atoms with E-state index in [1.54, 1.807) is 0 Å². The van der Waals surface area contributed by atoms with Crippen LogP contribution in [-0.4, -0.2) is 32.2 Å². The van der Waals surface area contributed by atoms with Crippen LogP contribution in [0, 0.1) is 0 Å². The molecule has 0 bridgehead atoms. The third-order valence-corrected chi connectivity index (χ3v) is 4.68. The van der Waals surface area contributed by atoms with Crippen LogP contribution < -0.4 is 18.9 Å². The summed E-state index contributed by atoms with van der Waals surface area (Å²) in [4.78, 5) is 0. The molecule has 0 N–H and O–H groups in total. The zero-order valence-corrected chi connectivity index (χ0v) is 18.7. The maximum absolute atomic E-state index is 2.30. The van der Waals surface area contributed by atoms with Gasteiger partial charge in [-0.05, 0) is 12.8 Å². The first-order valence-corrected chi connectivity index (χ1v) is 10.4. The molecule has 0 atom stereocenters. The van der Waals surface area contributed by atoms with Crippen molar-refractivity contribution in [3.63, 3.8) is 0 Å². The number of rotatable bonds is 17. The van der Waals surface area contributed by atoms with Crippen LogP contribution in [0.4, 0.5) is 0 Å². The van der Waals surface area contributed by atoms with Crippen LogP contribution in [-0.2, 0) is 0 Å². The second kappa shape index (κ2) is 21.9. The molecule has 0 aliphatic rings. The summed E-state index contributed by atoms with van der Waals surface area (Å²) in [5.41, 5.74) is 0. The Morgan fingerprint density at radius 3 is 1.00 bits per heavy atom. The van der Waals surface area contributed by atoms with E-state index in [0.29, 0.717) is 0 Å². The fourth-order valence-electron chi connectivity index (χ4n) is 3.13. The van der Waals surface area contributed by atoms with E-state index in [9.17, 15) is 0 Å². The standard InChI is InChI=1S/C21H46N.ClH.Li.H/c1-5-6-7-8-9-10-11-12-13-14-15-16-17-18-19-20-21-22(2,3)4;;;/h5-21H2,1-4H3;1H;;/q+1;;+1;-1. The van der Waals surface area contributed by atoms with Crippen molar-refractivity contribution in [1.29, 1.82) is 0 Å². The SMILES string of the molecule is CCCCCCCCCCCCCCCCCC[N+](C)(C)C.Cl.[H-].[Li+]. The Kier molecular flexibility index (Phi) is 27.0. The number of quaternary nitrogens is 1. The van der Waals surface area contributed by atoms with Gasteiger partial charge in [0.1, 0.15) is 0 Å². The van der Waals surface area contributed by atoms with E-state index in [2.05, 4.69) is 28.1 Å². The Hall–Kier alpha value is 0.847. The van der Waals surface area contributed by atoms with Gasteiger partial charge in [0.2, 0.25) is 0 Å². The van der Waals surface area contributed by atoms with Crippen LogP contribution in [0.25, 0.3) is 0 Å². The van der Waals surface area contributed by atoms with Crippen LogP contribution in [0.1, 0.15) is 111 Å². The molecule has 0 fully saturated rings. The van der Waals surface area contributed by atoms with Gasteiger partial charge >= 0.3 is 18.9 Å². The summed E-state index contributed by atoms with van der Waals surface area (Å²) in [5, 5.41) is 0. The number of hydrogen-bond donors (Lipinski definition) is 0. The molecule has 1 nitrogen and oxygen atoms in total. The number of unbranched alkanes of at least 4 members (excludes halogenated alkanes) is 15. The number of halogens is 1.